The van der Waals surface area contributed by atoms with Gasteiger partial charge in [0, 0.05) is 0 Å². The van der Waals surface area contributed by atoms with E-state index in [1.54, 1.807) is 0 Å². The zero-order chi connectivity index (χ0) is 12.1. The van der Waals surface area contributed by atoms with Crippen molar-refractivity contribution in [2.75, 3.05) is 6.61 Å². The standard InChI is InChI=1S/C12H24O4/c1-8(2)5-3-4-6-10-12(15)11(14)9(13)7-16-10/h8-15H,3-7H2,1-2H3/t9-,10+,11?,12?/m1/s1. The van der Waals surface area contributed by atoms with Gasteiger partial charge in [0.2, 0.25) is 0 Å². The van der Waals surface area contributed by atoms with Crippen molar-refractivity contribution in [3.63, 3.8) is 0 Å². The molecule has 1 saturated heterocycles. The maximum absolute atomic E-state index is 9.68. The van der Waals surface area contributed by atoms with Crippen LogP contribution in [0.25, 0.3) is 0 Å². The molecule has 0 aromatic rings. The molecule has 3 N–H and O–H groups in total. The molecular formula is C12H24O4. The summed E-state index contributed by atoms with van der Waals surface area (Å²) in [5.74, 6) is 0.699. The summed E-state index contributed by atoms with van der Waals surface area (Å²) in [4.78, 5) is 0. The van der Waals surface area contributed by atoms with Gasteiger partial charge in [-0.3, -0.25) is 0 Å². The van der Waals surface area contributed by atoms with Gasteiger partial charge in [-0.2, -0.15) is 0 Å². The summed E-state index contributed by atoms with van der Waals surface area (Å²) >= 11 is 0. The van der Waals surface area contributed by atoms with Crippen LogP contribution in [0.1, 0.15) is 39.5 Å². The van der Waals surface area contributed by atoms with Crippen LogP contribution >= 0.6 is 0 Å². The second-order valence-corrected chi connectivity index (χ2v) is 5.10. The Morgan fingerprint density at radius 1 is 1.12 bits per heavy atom. The lowest BCUT2D eigenvalue weighted by molar-refractivity contribution is -0.188. The molecule has 1 aliphatic rings. The molecule has 4 heteroatoms. The van der Waals surface area contributed by atoms with Crippen LogP contribution in [0.4, 0.5) is 0 Å². The number of rotatable bonds is 5. The lowest BCUT2D eigenvalue weighted by Gasteiger charge is -2.35. The van der Waals surface area contributed by atoms with Crippen LogP contribution in [0, 0.1) is 5.92 Å². The van der Waals surface area contributed by atoms with Crippen molar-refractivity contribution < 1.29 is 20.1 Å². The quantitative estimate of drug-likeness (QED) is 0.610. The fraction of sp³-hybridized carbons (Fsp3) is 1.00. The van der Waals surface area contributed by atoms with Crippen LogP contribution in [0.15, 0.2) is 0 Å². The fourth-order valence-electron chi connectivity index (χ4n) is 2.02. The predicted molar refractivity (Wildman–Crippen MR) is 61.1 cm³/mol. The zero-order valence-corrected chi connectivity index (χ0v) is 10.2. The van der Waals surface area contributed by atoms with Crippen LogP contribution in [0.2, 0.25) is 0 Å². The van der Waals surface area contributed by atoms with E-state index in [0.717, 1.165) is 19.3 Å². The van der Waals surface area contributed by atoms with Crippen molar-refractivity contribution in [3.8, 4) is 0 Å². The second-order valence-electron chi connectivity index (χ2n) is 5.10. The lowest BCUT2D eigenvalue weighted by atomic mass is 9.95. The van der Waals surface area contributed by atoms with E-state index in [2.05, 4.69) is 13.8 Å². The molecule has 0 aliphatic carbocycles. The van der Waals surface area contributed by atoms with Gasteiger partial charge in [0.15, 0.2) is 0 Å². The van der Waals surface area contributed by atoms with E-state index in [1.807, 2.05) is 0 Å². The van der Waals surface area contributed by atoms with E-state index in [1.165, 1.54) is 6.42 Å². The molecule has 0 amide bonds. The van der Waals surface area contributed by atoms with Crippen LogP contribution in [-0.2, 0) is 4.74 Å². The maximum Gasteiger partial charge on any atom is 0.111 e. The molecule has 0 aromatic heterocycles. The molecule has 4 nitrogen and oxygen atoms in total. The molecule has 1 aliphatic heterocycles. The van der Waals surface area contributed by atoms with E-state index in [-0.39, 0.29) is 12.7 Å². The monoisotopic (exact) mass is 232 g/mol. The highest BCUT2D eigenvalue weighted by Crippen LogP contribution is 2.20. The third-order valence-electron chi connectivity index (χ3n) is 3.13. The van der Waals surface area contributed by atoms with Crippen molar-refractivity contribution in [2.45, 2.75) is 63.9 Å². The highest BCUT2D eigenvalue weighted by molar-refractivity contribution is 4.86. The maximum atomic E-state index is 9.68. The first-order valence-corrected chi connectivity index (χ1v) is 6.18. The summed E-state index contributed by atoms with van der Waals surface area (Å²) in [6.45, 7) is 4.49. The Hall–Kier alpha value is -0.160. The van der Waals surface area contributed by atoms with Gasteiger partial charge in [-0.15, -0.1) is 0 Å². The van der Waals surface area contributed by atoms with Gasteiger partial charge in [-0.1, -0.05) is 33.1 Å². The molecule has 96 valence electrons. The van der Waals surface area contributed by atoms with Crippen molar-refractivity contribution >= 4 is 0 Å². The summed E-state index contributed by atoms with van der Waals surface area (Å²) in [6.07, 6.45) is 0.719. The molecule has 1 fully saturated rings. The molecule has 1 heterocycles. The number of aliphatic hydroxyl groups excluding tert-OH is 3. The second kappa shape index (κ2) is 6.55. The summed E-state index contributed by atoms with van der Waals surface area (Å²) in [7, 11) is 0. The number of hydrogen-bond donors (Lipinski definition) is 3. The third-order valence-corrected chi connectivity index (χ3v) is 3.13. The SMILES string of the molecule is CC(C)CCCC[C@@H]1OC[C@@H](O)C(O)C1O. The van der Waals surface area contributed by atoms with E-state index in [0.29, 0.717) is 5.92 Å². The smallest absolute Gasteiger partial charge is 0.111 e. The fourth-order valence-corrected chi connectivity index (χ4v) is 2.02. The van der Waals surface area contributed by atoms with Crippen molar-refractivity contribution in [2.24, 2.45) is 5.92 Å². The molecule has 0 radical (unpaired) electrons. The first-order chi connectivity index (χ1) is 7.52. The van der Waals surface area contributed by atoms with Crippen LogP contribution < -0.4 is 0 Å². The third kappa shape index (κ3) is 4.01. The minimum absolute atomic E-state index is 0.118. The highest BCUT2D eigenvalue weighted by Gasteiger charge is 2.36. The van der Waals surface area contributed by atoms with E-state index < -0.39 is 18.3 Å². The van der Waals surface area contributed by atoms with Crippen LogP contribution in [-0.4, -0.2) is 46.3 Å². The summed E-state index contributed by atoms with van der Waals surface area (Å²) in [5.41, 5.74) is 0. The molecule has 4 atom stereocenters. The number of ether oxygens (including phenoxy) is 1. The lowest BCUT2D eigenvalue weighted by Crippen LogP contribution is -2.52. The zero-order valence-electron chi connectivity index (χ0n) is 10.2. The molecule has 0 aromatic carbocycles. The van der Waals surface area contributed by atoms with E-state index in [4.69, 9.17) is 4.74 Å². The molecule has 1 rings (SSSR count). The normalized spacial score (nSPS) is 35.6. The van der Waals surface area contributed by atoms with Crippen molar-refractivity contribution in [3.05, 3.63) is 0 Å². The average molecular weight is 232 g/mol. The van der Waals surface area contributed by atoms with Gasteiger partial charge < -0.3 is 20.1 Å². The van der Waals surface area contributed by atoms with Crippen LogP contribution in [0.5, 0.6) is 0 Å². The highest BCUT2D eigenvalue weighted by atomic mass is 16.5. The Morgan fingerprint density at radius 2 is 1.81 bits per heavy atom. The van der Waals surface area contributed by atoms with E-state index in [9.17, 15) is 15.3 Å². The van der Waals surface area contributed by atoms with Gasteiger partial charge in [0.25, 0.3) is 0 Å². The first-order valence-electron chi connectivity index (χ1n) is 6.18. The summed E-state index contributed by atoms with van der Waals surface area (Å²) < 4.78 is 5.32. The molecule has 0 saturated carbocycles. The Labute approximate surface area is 97.2 Å². The van der Waals surface area contributed by atoms with Gasteiger partial charge in [-0.05, 0) is 12.3 Å². The largest absolute Gasteiger partial charge is 0.388 e. The first kappa shape index (κ1) is 13.9. The molecular weight excluding hydrogens is 208 g/mol. The van der Waals surface area contributed by atoms with Crippen LogP contribution in [0.3, 0.4) is 0 Å². The topological polar surface area (TPSA) is 69.9 Å². The minimum atomic E-state index is -1.07. The molecule has 0 spiro atoms. The predicted octanol–water partition coefficient (Wildman–Crippen LogP) is 0.684. The van der Waals surface area contributed by atoms with E-state index >= 15 is 0 Å². The summed E-state index contributed by atoms with van der Waals surface area (Å²) in [6, 6.07) is 0. The Kier molecular flexibility index (Phi) is 5.69. The molecule has 2 unspecified atom stereocenters. The molecule has 16 heavy (non-hydrogen) atoms. The van der Waals surface area contributed by atoms with Gasteiger partial charge in [0.1, 0.15) is 18.3 Å². The number of aliphatic hydroxyl groups is 3. The van der Waals surface area contributed by atoms with Gasteiger partial charge in [0.05, 0.1) is 12.7 Å². The van der Waals surface area contributed by atoms with Crippen molar-refractivity contribution in [1.82, 2.24) is 0 Å². The Morgan fingerprint density at radius 3 is 2.44 bits per heavy atom. The van der Waals surface area contributed by atoms with Crippen molar-refractivity contribution in [1.29, 1.82) is 0 Å². The Balaban J connectivity index is 2.21. The Bertz CT molecular complexity index is 195. The van der Waals surface area contributed by atoms with Gasteiger partial charge >= 0.3 is 0 Å². The average Bonchev–Trinajstić information content (AvgIpc) is 2.23. The number of hydrogen-bond acceptors (Lipinski definition) is 4. The number of unbranched alkanes of at least 4 members (excludes halogenated alkanes) is 1. The molecule has 0 bridgehead atoms. The minimum Gasteiger partial charge on any atom is -0.388 e. The van der Waals surface area contributed by atoms with Gasteiger partial charge in [-0.25, -0.2) is 0 Å². The summed E-state index contributed by atoms with van der Waals surface area (Å²) in [5, 5.41) is 28.4.